The third kappa shape index (κ3) is 5.94. The lowest BCUT2D eigenvalue weighted by Gasteiger charge is -2.30. The monoisotopic (exact) mass is 270 g/mol. The number of rotatable bonds is 6. The predicted molar refractivity (Wildman–Crippen MR) is 73.9 cm³/mol. The zero-order valence-electron chi connectivity index (χ0n) is 12.3. The molecule has 0 aromatic rings. The second kappa shape index (κ2) is 6.26. The summed E-state index contributed by atoms with van der Waals surface area (Å²) < 4.78 is 0. The molecule has 0 heterocycles. The molecular weight excluding hydrogens is 244 g/mol. The van der Waals surface area contributed by atoms with Gasteiger partial charge in [-0.15, -0.1) is 0 Å². The highest BCUT2D eigenvalue weighted by Crippen LogP contribution is 2.36. The van der Waals surface area contributed by atoms with Crippen LogP contribution in [0, 0.1) is 17.3 Å². The van der Waals surface area contributed by atoms with Gasteiger partial charge >= 0.3 is 12.0 Å². The lowest BCUT2D eigenvalue weighted by molar-refractivity contribution is -0.138. The zero-order chi connectivity index (χ0) is 14.6. The third-order valence-electron chi connectivity index (χ3n) is 3.74. The topological polar surface area (TPSA) is 78.4 Å². The molecule has 2 amide bonds. The fraction of sp³-hybridized carbons (Fsp3) is 0.857. The van der Waals surface area contributed by atoms with Crippen molar-refractivity contribution in [2.75, 3.05) is 6.54 Å². The molecule has 0 aromatic carbocycles. The summed E-state index contributed by atoms with van der Waals surface area (Å²) >= 11 is 0. The van der Waals surface area contributed by atoms with Crippen LogP contribution in [0.2, 0.25) is 0 Å². The maximum absolute atomic E-state index is 11.8. The molecule has 0 spiro atoms. The maximum Gasteiger partial charge on any atom is 0.315 e. The first-order valence-corrected chi connectivity index (χ1v) is 6.96. The fourth-order valence-corrected chi connectivity index (χ4v) is 2.04. The molecule has 0 aromatic heterocycles. The van der Waals surface area contributed by atoms with Gasteiger partial charge in [0.2, 0.25) is 0 Å². The average Bonchev–Trinajstić information content (AvgIpc) is 3.06. The van der Waals surface area contributed by atoms with Crippen molar-refractivity contribution in [3.8, 4) is 0 Å². The van der Waals surface area contributed by atoms with Crippen molar-refractivity contribution in [3.63, 3.8) is 0 Å². The van der Waals surface area contributed by atoms with Gasteiger partial charge in [0.1, 0.15) is 0 Å². The van der Waals surface area contributed by atoms with E-state index in [1.807, 2.05) is 20.8 Å². The average molecular weight is 270 g/mol. The van der Waals surface area contributed by atoms with Gasteiger partial charge in [0.05, 0.1) is 6.42 Å². The molecule has 0 saturated heterocycles. The van der Waals surface area contributed by atoms with Gasteiger partial charge in [-0.2, -0.15) is 0 Å². The first kappa shape index (κ1) is 15.8. The van der Waals surface area contributed by atoms with Crippen LogP contribution in [0.3, 0.4) is 0 Å². The van der Waals surface area contributed by atoms with Crippen molar-refractivity contribution in [2.24, 2.45) is 17.3 Å². The van der Waals surface area contributed by atoms with Crippen molar-refractivity contribution in [3.05, 3.63) is 0 Å². The summed E-state index contributed by atoms with van der Waals surface area (Å²) in [5.41, 5.74) is -0.280. The van der Waals surface area contributed by atoms with Crippen molar-refractivity contribution < 1.29 is 14.7 Å². The van der Waals surface area contributed by atoms with Gasteiger partial charge in [-0.1, -0.05) is 27.7 Å². The Bertz CT molecular complexity index is 332. The van der Waals surface area contributed by atoms with E-state index in [1.165, 1.54) is 12.8 Å². The number of carboxylic acids is 1. The Morgan fingerprint density at radius 3 is 2.32 bits per heavy atom. The number of amides is 2. The van der Waals surface area contributed by atoms with Crippen molar-refractivity contribution in [2.45, 2.75) is 53.0 Å². The second-order valence-corrected chi connectivity index (χ2v) is 6.69. The van der Waals surface area contributed by atoms with E-state index in [-0.39, 0.29) is 23.9 Å². The van der Waals surface area contributed by atoms with Crippen molar-refractivity contribution in [1.82, 2.24) is 10.6 Å². The van der Waals surface area contributed by atoms with E-state index < -0.39 is 5.97 Å². The van der Waals surface area contributed by atoms with E-state index >= 15 is 0 Å². The molecule has 3 N–H and O–H groups in total. The van der Waals surface area contributed by atoms with Gasteiger partial charge in [-0.3, -0.25) is 4.79 Å². The summed E-state index contributed by atoms with van der Waals surface area (Å²) in [4.78, 5) is 22.6. The van der Waals surface area contributed by atoms with Crippen LogP contribution in [0.25, 0.3) is 0 Å². The molecule has 5 nitrogen and oxygen atoms in total. The molecule has 2 atom stereocenters. The van der Waals surface area contributed by atoms with Gasteiger partial charge in [-0.05, 0) is 30.1 Å². The minimum atomic E-state index is -0.897. The summed E-state index contributed by atoms with van der Waals surface area (Å²) in [6.07, 6.45) is 2.46. The molecule has 1 rings (SSSR count). The first-order valence-electron chi connectivity index (χ1n) is 6.96. The van der Waals surface area contributed by atoms with Crippen LogP contribution in [0.15, 0.2) is 0 Å². The first-order chi connectivity index (χ1) is 8.70. The van der Waals surface area contributed by atoms with E-state index in [2.05, 4.69) is 17.6 Å². The number of carboxylic acid groups (broad SMARTS) is 1. The molecule has 110 valence electrons. The van der Waals surface area contributed by atoms with Crippen LogP contribution < -0.4 is 10.6 Å². The minimum Gasteiger partial charge on any atom is -0.481 e. The summed E-state index contributed by atoms with van der Waals surface area (Å²) in [7, 11) is 0. The number of carbonyl (C=O) groups excluding carboxylic acids is 1. The van der Waals surface area contributed by atoms with Crippen LogP contribution >= 0.6 is 0 Å². The molecule has 1 aliphatic carbocycles. The molecule has 1 fully saturated rings. The molecule has 0 radical (unpaired) electrons. The van der Waals surface area contributed by atoms with Crippen LogP contribution in [0.5, 0.6) is 0 Å². The Balaban J connectivity index is 2.39. The quantitative estimate of drug-likeness (QED) is 0.692. The Morgan fingerprint density at radius 2 is 1.89 bits per heavy atom. The van der Waals surface area contributed by atoms with E-state index in [4.69, 9.17) is 5.11 Å². The lowest BCUT2D eigenvalue weighted by Crippen LogP contribution is -2.49. The van der Waals surface area contributed by atoms with Crippen LogP contribution in [-0.4, -0.2) is 29.7 Å². The minimum absolute atomic E-state index is 0.0604. The highest BCUT2D eigenvalue weighted by atomic mass is 16.4. The molecule has 5 heteroatoms. The van der Waals surface area contributed by atoms with Crippen LogP contribution in [0.4, 0.5) is 4.79 Å². The maximum atomic E-state index is 11.8. The lowest BCUT2D eigenvalue weighted by atomic mass is 9.85. The molecule has 2 unspecified atom stereocenters. The molecule has 0 bridgehead atoms. The molecule has 1 aliphatic rings. The normalized spacial score (nSPS) is 18.5. The van der Waals surface area contributed by atoms with E-state index in [1.54, 1.807) is 0 Å². The van der Waals surface area contributed by atoms with Gasteiger partial charge in [0.15, 0.2) is 0 Å². The number of urea groups is 1. The van der Waals surface area contributed by atoms with Gasteiger partial charge < -0.3 is 15.7 Å². The van der Waals surface area contributed by atoms with Crippen LogP contribution in [0.1, 0.15) is 47.0 Å². The highest BCUT2D eigenvalue weighted by Gasteiger charge is 2.30. The summed E-state index contributed by atoms with van der Waals surface area (Å²) in [6.45, 7) is 8.56. The van der Waals surface area contributed by atoms with Crippen molar-refractivity contribution in [1.29, 1.82) is 0 Å². The zero-order valence-corrected chi connectivity index (χ0v) is 12.3. The number of hydrogen-bond donors (Lipinski definition) is 3. The Kier molecular flexibility index (Phi) is 5.20. The van der Waals surface area contributed by atoms with Crippen molar-refractivity contribution >= 4 is 12.0 Å². The largest absolute Gasteiger partial charge is 0.481 e. The van der Waals surface area contributed by atoms with E-state index in [9.17, 15) is 9.59 Å². The predicted octanol–water partition coefficient (Wildman–Crippen LogP) is 2.22. The number of nitrogens with one attached hydrogen (secondary N) is 2. The van der Waals surface area contributed by atoms with Gasteiger partial charge in [0, 0.05) is 12.6 Å². The van der Waals surface area contributed by atoms with E-state index in [0.29, 0.717) is 12.5 Å². The van der Waals surface area contributed by atoms with Gasteiger partial charge in [0.25, 0.3) is 0 Å². The SMILES string of the molecule is CC(CNC(=O)NC(CC(=O)O)C(C)(C)C)C1CC1. The fourth-order valence-electron chi connectivity index (χ4n) is 2.04. The Hall–Kier alpha value is -1.26. The Morgan fingerprint density at radius 1 is 1.32 bits per heavy atom. The number of hydrogen-bond acceptors (Lipinski definition) is 2. The van der Waals surface area contributed by atoms with Crippen LogP contribution in [-0.2, 0) is 4.79 Å². The smallest absolute Gasteiger partial charge is 0.315 e. The summed E-state index contributed by atoms with van der Waals surface area (Å²) in [5.74, 6) is 0.350. The third-order valence-corrected chi connectivity index (χ3v) is 3.74. The Labute approximate surface area is 115 Å². The molecule has 1 saturated carbocycles. The summed E-state index contributed by atoms with van der Waals surface area (Å²) in [6, 6.07) is -0.644. The number of aliphatic carboxylic acids is 1. The van der Waals surface area contributed by atoms with E-state index in [0.717, 1.165) is 5.92 Å². The second-order valence-electron chi connectivity index (χ2n) is 6.69. The molecular formula is C14H26N2O3. The van der Waals surface area contributed by atoms with Gasteiger partial charge in [-0.25, -0.2) is 4.79 Å². The molecule has 19 heavy (non-hydrogen) atoms. The molecule has 0 aliphatic heterocycles. The number of carbonyl (C=O) groups is 2. The standard InChI is InChI=1S/C14H26N2O3/c1-9(10-5-6-10)8-15-13(19)16-11(7-12(17)18)14(2,3)4/h9-11H,5-8H2,1-4H3,(H,17,18)(H2,15,16,19). The highest BCUT2D eigenvalue weighted by molar-refractivity contribution is 5.75. The summed E-state index contributed by atoms with van der Waals surface area (Å²) in [5, 5.41) is 14.5.